The molecule has 0 spiro atoms. The highest BCUT2D eigenvalue weighted by Crippen LogP contribution is 2.19. The van der Waals surface area contributed by atoms with E-state index in [1.165, 1.54) is 0 Å². The zero-order valence-electron chi connectivity index (χ0n) is 8.96. The summed E-state index contributed by atoms with van der Waals surface area (Å²) in [5.41, 5.74) is 5.54. The fraction of sp³-hybridized carbons (Fsp3) is 0.700. The minimum atomic E-state index is -0.586. The maximum Gasteiger partial charge on any atom is 0.237 e. The minimum absolute atomic E-state index is 0.0333. The van der Waals surface area contributed by atoms with Crippen LogP contribution in [0.25, 0.3) is 0 Å². The number of rotatable bonds is 5. The van der Waals surface area contributed by atoms with Crippen LogP contribution < -0.4 is 11.1 Å². The van der Waals surface area contributed by atoms with E-state index in [9.17, 15) is 4.79 Å². The molecule has 0 saturated heterocycles. The van der Waals surface area contributed by atoms with E-state index >= 15 is 0 Å². The standard InChI is InChI=1S/C10H18N2OS/c1-5-6-8(11)9(13)12-7-10(2,3)14-4/h1,8H,6-7,11H2,2-4H3,(H,12,13). The van der Waals surface area contributed by atoms with E-state index in [1.807, 2.05) is 6.26 Å². The average molecular weight is 214 g/mol. The van der Waals surface area contributed by atoms with Crippen LogP contribution in [0.1, 0.15) is 20.3 Å². The number of hydrogen-bond acceptors (Lipinski definition) is 3. The molecule has 0 radical (unpaired) electrons. The number of thioether (sulfide) groups is 1. The Kier molecular flexibility index (Phi) is 5.66. The summed E-state index contributed by atoms with van der Waals surface area (Å²) in [5.74, 6) is 2.19. The molecule has 0 aromatic carbocycles. The fourth-order valence-corrected chi connectivity index (χ4v) is 0.939. The average Bonchev–Trinajstić information content (AvgIpc) is 2.15. The first-order chi connectivity index (χ1) is 6.43. The van der Waals surface area contributed by atoms with Crippen molar-refractivity contribution in [3.63, 3.8) is 0 Å². The Morgan fingerprint density at radius 2 is 2.29 bits per heavy atom. The molecule has 3 N–H and O–H groups in total. The second kappa shape index (κ2) is 5.94. The number of terminal acetylenes is 1. The number of hydrogen-bond donors (Lipinski definition) is 2. The van der Waals surface area contributed by atoms with E-state index < -0.39 is 6.04 Å². The molecule has 0 aliphatic heterocycles. The van der Waals surface area contributed by atoms with Crippen LogP contribution in [0.2, 0.25) is 0 Å². The SMILES string of the molecule is C#CCC(N)C(=O)NCC(C)(C)SC. The molecule has 0 aromatic rings. The number of nitrogens with one attached hydrogen (secondary N) is 1. The van der Waals surface area contributed by atoms with Crippen molar-refractivity contribution in [2.45, 2.75) is 31.1 Å². The molecule has 0 aliphatic carbocycles. The van der Waals surface area contributed by atoms with Crippen LogP contribution in [-0.2, 0) is 4.79 Å². The lowest BCUT2D eigenvalue weighted by molar-refractivity contribution is -0.122. The van der Waals surface area contributed by atoms with Gasteiger partial charge < -0.3 is 11.1 Å². The smallest absolute Gasteiger partial charge is 0.237 e. The van der Waals surface area contributed by atoms with Gasteiger partial charge in [0.15, 0.2) is 0 Å². The van der Waals surface area contributed by atoms with Crippen molar-refractivity contribution in [3.8, 4) is 12.3 Å². The second-order valence-electron chi connectivity index (χ2n) is 3.70. The van der Waals surface area contributed by atoms with E-state index in [-0.39, 0.29) is 17.1 Å². The molecule has 0 aliphatic rings. The van der Waals surface area contributed by atoms with Gasteiger partial charge in [-0.1, -0.05) is 0 Å². The molecule has 4 heteroatoms. The predicted octanol–water partition coefficient (Wildman–Crippen LogP) is 0.595. The molecular weight excluding hydrogens is 196 g/mol. The first-order valence-corrected chi connectivity index (χ1v) is 5.67. The van der Waals surface area contributed by atoms with Crippen molar-refractivity contribution in [3.05, 3.63) is 0 Å². The Morgan fingerprint density at radius 3 is 2.71 bits per heavy atom. The number of nitrogens with two attached hydrogens (primary N) is 1. The summed E-state index contributed by atoms with van der Waals surface area (Å²) in [6.45, 7) is 4.72. The number of amides is 1. The predicted molar refractivity (Wildman–Crippen MR) is 62.0 cm³/mol. The quantitative estimate of drug-likeness (QED) is 0.659. The number of carbonyl (C=O) groups is 1. The molecule has 0 aromatic heterocycles. The minimum Gasteiger partial charge on any atom is -0.353 e. The third-order valence-electron chi connectivity index (χ3n) is 1.92. The van der Waals surface area contributed by atoms with Crippen LogP contribution >= 0.6 is 11.8 Å². The molecule has 0 saturated carbocycles. The van der Waals surface area contributed by atoms with Crippen molar-refractivity contribution >= 4 is 17.7 Å². The van der Waals surface area contributed by atoms with E-state index in [0.29, 0.717) is 6.54 Å². The van der Waals surface area contributed by atoms with Crippen LogP contribution in [0.5, 0.6) is 0 Å². The lowest BCUT2D eigenvalue weighted by Crippen LogP contribution is -2.44. The molecule has 80 valence electrons. The highest BCUT2D eigenvalue weighted by molar-refractivity contribution is 7.99. The molecule has 1 unspecified atom stereocenters. The van der Waals surface area contributed by atoms with E-state index in [0.717, 1.165) is 0 Å². The van der Waals surface area contributed by atoms with Crippen LogP contribution in [0, 0.1) is 12.3 Å². The normalized spacial score (nSPS) is 13.1. The summed E-state index contributed by atoms with van der Waals surface area (Å²) in [4.78, 5) is 11.4. The van der Waals surface area contributed by atoms with E-state index in [1.54, 1.807) is 11.8 Å². The first kappa shape index (κ1) is 13.3. The monoisotopic (exact) mass is 214 g/mol. The number of carbonyl (C=O) groups excluding carboxylic acids is 1. The zero-order chi connectivity index (χ0) is 11.2. The van der Waals surface area contributed by atoms with Gasteiger partial charge >= 0.3 is 0 Å². The topological polar surface area (TPSA) is 55.1 Å². The lowest BCUT2D eigenvalue weighted by Gasteiger charge is -2.23. The molecule has 1 amide bonds. The van der Waals surface area contributed by atoms with Crippen LogP contribution in [-0.4, -0.2) is 29.5 Å². The molecule has 14 heavy (non-hydrogen) atoms. The molecule has 3 nitrogen and oxygen atoms in total. The van der Waals surface area contributed by atoms with E-state index in [2.05, 4.69) is 25.1 Å². The van der Waals surface area contributed by atoms with Crippen molar-refractivity contribution in [2.24, 2.45) is 5.73 Å². The third-order valence-corrected chi connectivity index (χ3v) is 3.16. The van der Waals surface area contributed by atoms with Crippen LogP contribution in [0.15, 0.2) is 0 Å². The van der Waals surface area contributed by atoms with Gasteiger partial charge in [0.1, 0.15) is 0 Å². The Bertz CT molecular complexity index is 233. The second-order valence-corrected chi connectivity index (χ2v) is 5.21. The molecular formula is C10H18N2OS. The van der Waals surface area contributed by atoms with Gasteiger partial charge in [-0.25, -0.2) is 0 Å². The van der Waals surface area contributed by atoms with Gasteiger partial charge in [-0.2, -0.15) is 11.8 Å². The van der Waals surface area contributed by atoms with E-state index in [4.69, 9.17) is 12.2 Å². The highest BCUT2D eigenvalue weighted by Gasteiger charge is 2.19. The molecule has 0 fully saturated rings. The van der Waals surface area contributed by atoms with Gasteiger partial charge in [-0.15, -0.1) is 12.3 Å². The van der Waals surface area contributed by atoms with Crippen LogP contribution in [0.3, 0.4) is 0 Å². The van der Waals surface area contributed by atoms with Gasteiger partial charge in [0.05, 0.1) is 6.04 Å². The van der Waals surface area contributed by atoms with Crippen molar-refractivity contribution in [2.75, 3.05) is 12.8 Å². The fourth-order valence-electron chi connectivity index (χ4n) is 0.723. The Labute approximate surface area is 90.2 Å². The highest BCUT2D eigenvalue weighted by atomic mass is 32.2. The first-order valence-electron chi connectivity index (χ1n) is 4.45. The van der Waals surface area contributed by atoms with Crippen LogP contribution in [0.4, 0.5) is 0 Å². The Balaban J connectivity index is 3.92. The van der Waals surface area contributed by atoms with Crippen molar-refractivity contribution < 1.29 is 4.79 Å². The summed E-state index contributed by atoms with van der Waals surface area (Å²) < 4.78 is 0.0333. The maximum absolute atomic E-state index is 11.4. The van der Waals surface area contributed by atoms with Gasteiger partial charge in [0.25, 0.3) is 0 Å². The lowest BCUT2D eigenvalue weighted by atomic mass is 10.2. The summed E-state index contributed by atoms with van der Waals surface area (Å²) >= 11 is 1.70. The van der Waals surface area contributed by atoms with Crippen molar-refractivity contribution in [1.82, 2.24) is 5.32 Å². The molecule has 1 atom stereocenters. The Hall–Kier alpha value is -0.660. The molecule has 0 bridgehead atoms. The molecule has 0 heterocycles. The van der Waals surface area contributed by atoms with Gasteiger partial charge in [-0.05, 0) is 20.1 Å². The largest absolute Gasteiger partial charge is 0.353 e. The zero-order valence-corrected chi connectivity index (χ0v) is 9.78. The third kappa shape index (κ3) is 5.15. The van der Waals surface area contributed by atoms with Gasteiger partial charge in [-0.3, -0.25) is 4.79 Å². The summed E-state index contributed by atoms with van der Waals surface area (Å²) in [7, 11) is 0. The summed E-state index contributed by atoms with van der Waals surface area (Å²) in [6.07, 6.45) is 7.35. The Morgan fingerprint density at radius 1 is 1.71 bits per heavy atom. The maximum atomic E-state index is 11.4. The van der Waals surface area contributed by atoms with Gasteiger partial charge in [0.2, 0.25) is 5.91 Å². The summed E-state index contributed by atoms with van der Waals surface area (Å²) in [6, 6.07) is -0.586. The van der Waals surface area contributed by atoms with Crippen molar-refractivity contribution in [1.29, 1.82) is 0 Å². The van der Waals surface area contributed by atoms with Gasteiger partial charge in [0, 0.05) is 17.7 Å². The summed E-state index contributed by atoms with van der Waals surface area (Å²) in [5, 5.41) is 2.78. The molecule has 0 rings (SSSR count).